The molecule has 0 aliphatic rings. The lowest BCUT2D eigenvalue weighted by Gasteiger charge is -2.21. The fourth-order valence-electron chi connectivity index (χ4n) is 3.54. The lowest BCUT2D eigenvalue weighted by Crippen LogP contribution is -2.21. The normalized spacial score (nSPS) is 11.6. The molecular formula is C24H23N5O4S. The smallest absolute Gasteiger partial charge is 0.345 e. The summed E-state index contributed by atoms with van der Waals surface area (Å²) in [4.78, 5) is 29.6. The number of thiazole rings is 1. The van der Waals surface area contributed by atoms with E-state index in [2.05, 4.69) is 34.3 Å². The number of benzene rings is 2. The molecule has 2 aromatic heterocycles. The molecule has 2 aromatic carbocycles. The number of nitro benzene ring substituents is 1. The van der Waals surface area contributed by atoms with E-state index in [0.717, 1.165) is 29.7 Å². The average molecular weight is 478 g/mol. The standard InChI is InChI=1S/C24H23N5O4S/c1-4-28(5-2)19-11-8-17-12-20(23(30)33-22(17)13-19)15(3)26-27-24-25-21(14-34-24)16-6-9-18(10-7-16)29(31)32/h6-14H,4-5H2,1-3H3,(H,25,27)/b26-15+. The Hall–Kier alpha value is -4.05. The Morgan fingerprint density at radius 2 is 1.91 bits per heavy atom. The second kappa shape index (κ2) is 9.84. The van der Waals surface area contributed by atoms with Crippen molar-refractivity contribution < 1.29 is 9.34 Å². The van der Waals surface area contributed by atoms with Gasteiger partial charge in [0.15, 0.2) is 0 Å². The molecule has 0 aliphatic carbocycles. The van der Waals surface area contributed by atoms with Gasteiger partial charge in [-0.05, 0) is 51.1 Å². The van der Waals surface area contributed by atoms with Crippen LogP contribution < -0.4 is 16.0 Å². The highest BCUT2D eigenvalue weighted by atomic mass is 32.1. The molecule has 0 aliphatic heterocycles. The highest BCUT2D eigenvalue weighted by Gasteiger charge is 2.12. The number of nitrogens with zero attached hydrogens (tertiary/aromatic N) is 4. The predicted molar refractivity (Wildman–Crippen MR) is 136 cm³/mol. The zero-order chi connectivity index (χ0) is 24.2. The highest BCUT2D eigenvalue weighted by Crippen LogP contribution is 2.27. The number of fused-ring (bicyclic) bond motifs is 1. The largest absolute Gasteiger partial charge is 0.422 e. The number of rotatable bonds is 8. The number of hydrogen-bond donors (Lipinski definition) is 1. The third-order valence-electron chi connectivity index (χ3n) is 5.44. The SMILES string of the molecule is CCN(CC)c1ccc2cc(/C(C)=N/Nc3nc(-c4ccc([N+](=O)[O-])cc4)cs3)c(=O)oc2c1. The van der Waals surface area contributed by atoms with Crippen molar-refractivity contribution in [3.05, 3.63) is 80.0 Å². The van der Waals surface area contributed by atoms with Crippen LogP contribution in [0, 0.1) is 10.1 Å². The van der Waals surface area contributed by atoms with Crippen LogP contribution in [-0.2, 0) is 0 Å². The number of hydrogen-bond acceptors (Lipinski definition) is 9. The van der Waals surface area contributed by atoms with E-state index in [9.17, 15) is 14.9 Å². The van der Waals surface area contributed by atoms with Crippen molar-refractivity contribution in [1.29, 1.82) is 0 Å². The first kappa shape index (κ1) is 23.1. The van der Waals surface area contributed by atoms with Gasteiger partial charge in [0.25, 0.3) is 5.69 Å². The lowest BCUT2D eigenvalue weighted by molar-refractivity contribution is -0.384. The summed E-state index contributed by atoms with van der Waals surface area (Å²) in [5, 5.41) is 18.3. The van der Waals surface area contributed by atoms with Gasteiger partial charge in [0, 0.05) is 53.3 Å². The molecule has 10 heteroatoms. The van der Waals surface area contributed by atoms with Crippen LogP contribution in [0.4, 0.5) is 16.5 Å². The van der Waals surface area contributed by atoms with Crippen molar-refractivity contribution in [3.8, 4) is 11.3 Å². The van der Waals surface area contributed by atoms with E-state index in [4.69, 9.17) is 4.42 Å². The van der Waals surface area contributed by atoms with E-state index in [-0.39, 0.29) is 5.69 Å². The molecule has 2 heterocycles. The van der Waals surface area contributed by atoms with E-state index < -0.39 is 10.5 Å². The first-order valence-corrected chi connectivity index (χ1v) is 11.6. The number of hydrazone groups is 1. The van der Waals surface area contributed by atoms with Gasteiger partial charge in [-0.1, -0.05) is 0 Å². The summed E-state index contributed by atoms with van der Waals surface area (Å²) in [6, 6.07) is 13.8. The molecule has 1 N–H and O–H groups in total. The molecule has 4 aromatic rings. The van der Waals surface area contributed by atoms with Crippen LogP contribution in [0.1, 0.15) is 26.3 Å². The van der Waals surface area contributed by atoms with Gasteiger partial charge in [0.1, 0.15) is 5.58 Å². The third kappa shape index (κ3) is 4.81. The number of nitro groups is 1. The van der Waals surface area contributed by atoms with E-state index in [1.54, 1.807) is 25.1 Å². The predicted octanol–water partition coefficient (Wildman–Crippen LogP) is 5.51. The molecule has 4 rings (SSSR count). The highest BCUT2D eigenvalue weighted by molar-refractivity contribution is 7.14. The van der Waals surface area contributed by atoms with Gasteiger partial charge >= 0.3 is 5.63 Å². The molecular weight excluding hydrogens is 454 g/mol. The maximum atomic E-state index is 12.6. The van der Waals surface area contributed by atoms with Crippen LogP contribution in [0.2, 0.25) is 0 Å². The van der Waals surface area contributed by atoms with Crippen LogP contribution in [-0.4, -0.2) is 28.7 Å². The molecule has 0 bridgehead atoms. The van der Waals surface area contributed by atoms with Crippen LogP contribution in [0.5, 0.6) is 0 Å². The van der Waals surface area contributed by atoms with Crippen molar-refractivity contribution in [3.63, 3.8) is 0 Å². The molecule has 0 radical (unpaired) electrons. The van der Waals surface area contributed by atoms with Gasteiger partial charge in [0.05, 0.1) is 21.9 Å². The van der Waals surface area contributed by atoms with Crippen molar-refractivity contribution in [1.82, 2.24) is 4.98 Å². The fourth-order valence-corrected chi connectivity index (χ4v) is 4.20. The van der Waals surface area contributed by atoms with Crippen molar-refractivity contribution in [2.45, 2.75) is 20.8 Å². The third-order valence-corrected chi connectivity index (χ3v) is 6.18. The molecule has 9 nitrogen and oxygen atoms in total. The van der Waals surface area contributed by atoms with Crippen LogP contribution in [0.25, 0.3) is 22.2 Å². The first-order chi connectivity index (χ1) is 16.4. The Balaban J connectivity index is 1.53. The van der Waals surface area contributed by atoms with Crippen molar-refractivity contribution in [2.24, 2.45) is 5.10 Å². The second-order valence-electron chi connectivity index (χ2n) is 7.49. The first-order valence-electron chi connectivity index (χ1n) is 10.7. The van der Waals surface area contributed by atoms with Crippen molar-refractivity contribution in [2.75, 3.05) is 23.4 Å². The van der Waals surface area contributed by atoms with Crippen LogP contribution in [0.3, 0.4) is 0 Å². The quantitative estimate of drug-likeness (QED) is 0.154. The van der Waals surface area contributed by atoms with E-state index >= 15 is 0 Å². The summed E-state index contributed by atoms with van der Waals surface area (Å²) in [6.45, 7) is 7.61. The van der Waals surface area contributed by atoms with E-state index in [0.29, 0.717) is 27.7 Å². The monoisotopic (exact) mass is 477 g/mol. The summed E-state index contributed by atoms with van der Waals surface area (Å²) in [7, 11) is 0. The lowest BCUT2D eigenvalue weighted by atomic mass is 10.1. The Bertz CT molecular complexity index is 1420. The minimum absolute atomic E-state index is 0.0241. The molecule has 0 atom stereocenters. The molecule has 34 heavy (non-hydrogen) atoms. The van der Waals surface area contributed by atoms with Gasteiger partial charge in [-0.25, -0.2) is 9.78 Å². The van der Waals surface area contributed by atoms with Crippen LogP contribution >= 0.6 is 11.3 Å². The topological polar surface area (TPSA) is 114 Å². The molecule has 0 spiro atoms. The molecule has 0 saturated carbocycles. The Kier molecular flexibility index (Phi) is 6.69. The maximum Gasteiger partial charge on any atom is 0.345 e. The maximum absolute atomic E-state index is 12.6. The molecule has 174 valence electrons. The summed E-state index contributed by atoms with van der Waals surface area (Å²) in [6.07, 6.45) is 0. The Morgan fingerprint density at radius 3 is 2.59 bits per heavy atom. The summed E-state index contributed by atoms with van der Waals surface area (Å²) in [5.74, 6) is 0. The van der Waals surface area contributed by atoms with Crippen molar-refractivity contribution >= 4 is 44.5 Å². The zero-order valence-electron chi connectivity index (χ0n) is 18.9. The number of aromatic nitrogens is 1. The zero-order valence-corrected chi connectivity index (χ0v) is 19.8. The molecule has 0 saturated heterocycles. The number of non-ortho nitro benzene ring substituents is 1. The Labute approximate surface area is 199 Å². The number of nitrogens with one attached hydrogen (secondary N) is 1. The van der Waals surface area contributed by atoms with Crippen LogP contribution in [0.15, 0.2) is 68.2 Å². The summed E-state index contributed by atoms with van der Waals surface area (Å²) >= 11 is 1.34. The minimum Gasteiger partial charge on any atom is -0.422 e. The molecule has 0 fully saturated rings. The Morgan fingerprint density at radius 1 is 1.18 bits per heavy atom. The second-order valence-corrected chi connectivity index (χ2v) is 8.35. The summed E-state index contributed by atoms with van der Waals surface area (Å²) < 4.78 is 5.58. The van der Waals surface area contributed by atoms with Gasteiger partial charge in [0.2, 0.25) is 5.13 Å². The van der Waals surface area contributed by atoms with Gasteiger partial charge in [-0.2, -0.15) is 5.10 Å². The average Bonchev–Trinajstić information content (AvgIpc) is 3.32. The molecule has 0 unspecified atom stereocenters. The van der Waals surface area contributed by atoms with Gasteiger partial charge in [-0.15, -0.1) is 11.3 Å². The fraction of sp³-hybridized carbons (Fsp3) is 0.208. The van der Waals surface area contributed by atoms with E-state index in [1.807, 2.05) is 23.6 Å². The molecule has 0 amide bonds. The summed E-state index contributed by atoms with van der Waals surface area (Å²) in [5.41, 5.74) is 6.24. The minimum atomic E-state index is -0.460. The van der Waals surface area contributed by atoms with E-state index in [1.165, 1.54) is 23.5 Å². The van der Waals surface area contributed by atoms with Gasteiger partial charge in [-0.3, -0.25) is 15.5 Å². The number of anilines is 2. The van der Waals surface area contributed by atoms with Gasteiger partial charge < -0.3 is 9.32 Å².